The van der Waals surface area contributed by atoms with Gasteiger partial charge >= 0.3 is 5.97 Å². The highest BCUT2D eigenvalue weighted by atomic mass is 32.2. The Kier molecular flexibility index (Phi) is 5.84. The van der Waals surface area contributed by atoms with Crippen LogP contribution in [-0.4, -0.2) is 82.5 Å². The number of sulfonamides is 1. The van der Waals surface area contributed by atoms with Crippen LogP contribution in [-0.2, 0) is 14.8 Å². The lowest BCUT2D eigenvalue weighted by Crippen LogP contribution is -2.50. The predicted octanol–water partition coefficient (Wildman–Crippen LogP) is 0.640. The molecule has 1 saturated heterocycles. The molecule has 0 bridgehead atoms. The van der Waals surface area contributed by atoms with E-state index in [0.29, 0.717) is 10.6 Å². The summed E-state index contributed by atoms with van der Waals surface area (Å²) in [4.78, 5) is 26.7. The first-order chi connectivity index (χ1) is 14.9. The lowest BCUT2D eigenvalue weighted by molar-refractivity contribution is 0.0483. The summed E-state index contributed by atoms with van der Waals surface area (Å²) in [6, 6.07) is 4.23. The van der Waals surface area contributed by atoms with Gasteiger partial charge < -0.3 is 14.1 Å². The Morgan fingerprint density at radius 1 is 1.19 bits per heavy atom. The zero-order chi connectivity index (χ0) is 22.0. The van der Waals surface area contributed by atoms with Crippen LogP contribution >= 0.6 is 11.3 Å². The average Bonchev–Trinajstić information content (AvgIpc) is 3.54. The molecule has 0 radical (unpaired) electrons. The van der Waals surface area contributed by atoms with Gasteiger partial charge in [0.25, 0.3) is 15.9 Å². The van der Waals surface area contributed by atoms with E-state index in [4.69, 9.17) is 9.15 Å². The molecular weight excluding hydrogens is 448 g/mol. The number of esters is 1. The number of furan rings is 1. The van der Waals surface area contributed by atoms with Gasteiger partial charge in [-0.25, -0.2) is 13.2 Å². The molecule has 0 aromatic carbocycles. The molecule has 0 unspecified atom stereocenters. The van der Waals surface area contributed by atoms with Crippen LogP contribution in [0.4, 0.5) is 0 Å². The summed E-state index contributed by atoms with van der Waals surface area (Å²) in [5.74, 6) is -1.13. The maximum atomic E-state index is 13.0. The van der Waals surface area contributed by atoms with Gasteiger partial charge in [0.15, 0.2) is 0 Å². The normalized spacial score (nSPS) is 15.2. The minimum absolute atomic E-state index is 0.0924. The van der Waals surface area contributed by atoms with Gasteiger partial charge in [0.2, 0.25) is 10.9 Å². The number of ether oxygens (including phenoxy) is 1. The van der Waals surface area contributed by atoms with E-state index >= 15 is 0 Å². The largest absolute Gasteiger partial charge is 0.460 e. The lowest BCUT2D eigenvalue weighted by atomic mass is 10.3. The fraction of sp³-hybridized carbons (Fsp3) is 0.353. The third-order valence-corrected chi connectivity index (χ3v) is 7.28. The van der Waals surface area contributed by atoms with Crippen molar-refractivity contribution in [1.29, 1.82) is 0 Å². The van der Waals surface area contributed by atoms with Crippen LogP contribution in [0.5, 0.6) is 0 Å². The minimum Gasteiger partial charge on any atom is -0.460 e. The zero-order valence-corrected chi connectivity index (χ0v) is 18.0. The number of aromatic nitrogens is 4. The van der Waals surface area contributed by atoms with Crippen molar-refractivity contribution in [3.63, 3.8) is 0 Å². The van der Waals surface area contributed by atoms with E-state index < -0.39 is 16.0 Å². The SMILES string of the molecule is CCOC(=O)c1ccc(S(=O)(=O)N2CCN(C(=O)c3sccc3-n3cnnn3)CC2)o1. The zero-order valence-electron chi connectivity index (χ0n) is 16.4. The van der Waals surface area contributed by atoms with Crippen molar-refractivity contribution in [2.45, 2.75) is 12.0 Å². The molecule has 4 rings (SSSR count). The number of tetrazole rings is 1. The third kappa shape index (κ3) is 4.08. The number of carbonyl (C=O) groups is 2. The van der Waals surface area contributed by atoms with Crippen molar-refractivity contribution in [1.82, 2.24) is 29.4 Å². The quantitative estimate of drug-likeness (QED) is 0.479. The summed E-state index contributed by atoms with van der Waals surface area (Å²) in [5, 5.41) is 12.4. The number of carbonyl (C=O) groups excluding carboxylic acids is 2. The summed E-state index contributed by atoms with van der Waals surface area (Å²) < 4.78 is 38.3. The number of amides is 1. The molecule has 12 nitrogen and oxygen atoms in total. The number of hydrogen-bond acceptors (Lipinski definition) is 10. The predicted molar refractivity (Wildman–Crippen MR) is 106 cm³/mol. The van der Waals surface area contributed by atoms with Crippen LogP contribution in [0, 0.1) is 0 Å². The molecule has 0 spiro atoms. The van der Waals surface area contributed by atoms with Crippen LogP contribution in [0.2, 0.25) is 0 Å². The molecule has 3 aromatic heterocycles. The number of rotatable bonds is 6. The van der Waals surface area contributed by atoms with E-state index in [1.807, 2.05) is 0 Å². The maximum absolute atomic E-state index is 13.0. The van der Waals surface area contributed by atoms with Gasteiger partial charge in [-0.3, -0.25) is 4.79 Å². The van der Waals surface area contributed by atoms with Crippen molar-refractivity contribution < 1.29 is 27.2 Å². The van der Waals surface area contributed by atoms with Gasteiger partial charge in [0, 0.05) is 26.2 Å². The molecule has 1 aliphatic rings. The van der Waals surface area contributed by atoms with Gasteiger partial charge in [0.1, 0.15) is 11.2 Å². The Balaban J connectivity index is 1.44. The first-order valence-corrected chi connectivity index (χ1v) is 11.6. The summed E-state index contributed by atoms with van der Waals surface area (Å²) >= 11 is 1.26. The summed E-state index contributed by atoms with van der Waals surface area (Å²) in [6.45, 7) is 2.38. The molecule has 1 amide bonds. The van der Waals surface area contributed by atoms with Crippen LogP contribution in [0.3, 0.4) is 0 Å². The molecule has 0 N–H and O–H groups in total. The second kappa shape index (κ2) is 8.56. The molecule has 0 atom stereocenters. The fourth-order valence-corrected chi connectivity index (χ4v) is 5.27. The fourth-order valence-electron chi connectivity index (χ4n) is 3.09. The van der Waals surface area contributed by atoms with Crippen molar-refractivity contribution in [3.05, 3.63) is 40.5 Å². The van der Waals surface area contributed by atoms with E-state index in [9.17, 15) is 18.0 Å². The Morgan fingerprint density at radius 3 is 2.65 bits per heavy atom. The topological polar surface area (TPSA) is 141 Å². The highest BCUT2D eigenvalue weighted by Crippen LogP contribution is 2.24. The van der Waals surface area contributed by atoms with E-state index in [1.165, 1.54) is 38.8 Å². The maximum Gasteiger partial charge on any atom is 0.374 e. The highest BCUT2D eigenvalue weighted by molar-refractivity contribution is 7.89. The van der Waals surface area contributed by atoms with Crippen LogP contribution in [0.1, 0.15) is 27.2 Å². The monoisotopic (exact) mass is 466 g/mol. The van der Waals surface area contributed by atoms with Gasteiger partial charge in [-0.1, -0.05) is 0 Å². The average molecular weight is 467 g/mol. The summed E-state index contributed by atoms with van der Waals surface area (Å²) in [6.07, 6.45) is 1.40. The molecule has 0 saturated carbocycles. The van der Waals surface area contributed by atoms with Crippen molar-refractivity contribution >= 4 is 33.2 Å². The number of piperazine rings is 1. The standard InChI is InChI=1S/C17H18N6O6S2/c1-2-28-17(25)13-3-4-14(29-13)31(26,27)22-8-6-21(7-9-22)16(24)15-12(5-10-30-15)23-11-18-19-20-23/h3-5,10-11H,2,6-9H2,1H3. The second-order valence-electron chi connectivity index (χ2n) is 6.42. The third-order valence-electron chi connectivity index (χ3n) is 4.61. The molecule has 31 heavy (non-hydrogen) atoms. The van der Waals surface area contributed by atoms with E-state index in [1.54, 1.807) is 23.3 Å². The molecule has 1 aliphatic heterocycles. The smallest absolute Gasteiger partial charge is 0.374 e. The van der Waals surface area contributed by atoms with Crippen molar-refractivity contribution in [2.75, 3.05) is 32.8 Å². The molecule has 3 aromatic rings. The van der Waals surface area contributed by atoms with Crippen LogP contribution < -0.4 is 0 Å². The lowest BCUT2D eigenvalue weighted by Gasteiger charge is -2.33. The molecule has 164 valence electrons. The van der Waals surface area contributed by atoms with Gasteiger partial charge in [-0.2, -0.15) is 8.99 Å². The van der Waals surface area contributed by atoms with E-state index in [2.05, 4.69) is 15.5 Å². The van der Waals surface area contributed by atoms with E-state index in [-0.39, 0.29) is 49.5 Å². The molecular formula is C17H18N6O6S2. The molecule has 1 fully saturated rings. The minimum atomic E-state index is -3.94. The Hall–Kier alpha value is -3.10. The van der Waals surface area contributed by atoms with Crippen LogP contribution in [0.25, 0.3) is 5.69 Å². The Bertz CT molecular complexity index is 1180. The van der Waals surface area contributed by atoms with Crippen LogP contribution in [0.15, 0.2) is 39.4 Å². The molecule has 14 heteroatoms. The van der Waals surface area contributed by atoms with E-state index in [0.717, 1.165) is 0 Å². The first kappa shape index (κ1) is 21.1. The summed E-state index contributed by atoms with van der Waals surface area (Å²) in [5.41, 5.74) is 0.567. The van der Waals surface area contributed by atoms with Gasteiger partial charge in [0.05, 0.1) is 12.3 Å². The molecule has 4 heterocycles. The highest BCUT2D eigenvalue weighted by Gasteiger charge is 2.34. The van der Waals surface area contributed by atoms with Crippen molar-refractivity contribution in [2.24, 2.45) is 0 Å². The molecule has 0 aliphatic carbocycles. The number of hydrogen-bond donors (Lipinski definition) is 0. The van der Waals surface area contributed by atoms with Gasteiger partial charge in [-0.15, -0.1) is 16.4 Å². The first-order valence-electron chi connectivity index (χ1n) is 9.29. The summed E-state index contributed by atoms with van der Waals surface area (Å²) in [7, 11) is -3.94. The Labute approximate surface area is 181 Å². The number of thiophene rings is 1. The number of nitrogens with zero attached hydrogens (tertiary/aromatic N) is 6. The van der Waals surface area contributed by atoms with Gasteiger partial charge in [-0.05, 0) is 40.9 Å². The second-order valence-corrected chi connectivity index (χ2v) is 9.21. The van der Waals surface area contributed by atoms with Crippen molar-refractivity contribution in [3.8, 4) is 5.69 Å². The Morgan fingerprint density at radius 2 is 1.97 bits per heavy atom.